The standard InChI is InChI=1S/C17H19N3O3S/c21-20(22)15-9-11-16(12-10-15)24(23)19(14-6-2-1-3-7-14)17-8-4-5-13-18-17/h4-5,8-14H,1-3,6-7H2/t24-/m0/s1. The van der Waals surface area contributed by atoms with E-state index >= 15 is 0 Å². The van der Waals surface area contributed by atoms with Crippen LogP contribution >= 0.6 is 0 Å². The number of nitro benzene ring substituents is 1. The van der Waals surface area contributed by atoms with Gasteiger partial charge in [0.1, 0.15) is 5.82 Å². The second kappa shape index (κ2) is 7.53. The van der Waals surface area contributed by atoms with Gasteiger partial charge in [0.25, 0.3) is 5.69 Å². The van der Waals surface area contributed by atoms with E-state index in [0.29, 0.717) is 10.7 Å². The summed E-state index contributed by atoms with van der Waals surface area (Å²) in [4.78, 5) is 15.3. The fourth-order valence-corrected chi connectivity index (χ4v) is 4.36. The topological polar surface area (TPSA) is 76.3 Å². The lowest BCUT2D eigenvalue weighted by molar-refractivity contribution is -0.384. The highest BCUT2D eigenvalue weighted by Gasteiger charge is 2.28. The lowest BCUT2D eigenvalue weighted by Crippen LogP contribution is -2.38. The van der Waals surface area contributed by atoms with Crippen LogP contribution in [-0.4, -0.2) is 20.2 Å². The van der Waals surface area contributed by atoms with Crippen molar-refractivity contribution in [3.05, 3.63) is 58.8 Å². The first-order valence-electron chi connectivity index (χ1n) is 8.03. The first-order chi connectivity index (χ1) is 11.7. The zero-order valence-electron chi connectivity index (χ0n) is 13.2. The molecule has 1 saturated carbocycles. The first kappa shape index (κ1) is 16.6. The maximum atomic E-state index is 13.2. The second-order valence-electron chi connectivity index (χ2n) is 5.81. The number of hydrogen-bond acceptors (Lipinski definition) is 4. The summed E-state index contributed by atoms with van der Waals surface area (Å²) in [7, 11) is -1.44. The van der Waals surface area contributed by atoms with Gasteiger partial charge in [-0.2, -0.15) is 0 Å². The van der Waals surface area contributed by atoms with Gasteiger partial charge in [0.2, 0.25) is 0 Å². The van der Waals surface area contributed by atoms with Crippen LogP contribution in [0.4, 0.5) is 11.5 Å². The SMILES string of the molecule is O=[N+]([O-])c1ccc([S@](=O)N(c2ccccn2)C2CCCCC2)cc1. The van der Waals surface area contributed by atoms with Crippen LogP contribution in [0.1, 0.15) is 32.1 Å². The molecule has 126 valence electrons. The van der Waals surface area contributed by atoms with Crippen LogP contribution < -0.4 is 4.31 Å². The molecule has 1 aliphatic rings. The van der Waals surface area contributed by atoms with Crippen molar-refractivity contribution in [1.29, 1.82) is 0 Å². The molecule has 1 aromatic carbocycles. The molecule has 7 heteroatoms. The predicted molar refractivity (Wildman–Crippen MR) is 93.1 cm³/mol. The van der Waals surface area contributed by atoms with E-state index in [1.807, 2.05) is 22.5 Å². The van der Waals surface area contributed by atoms with Gasteiger partial charge in [-0.3, -0.25) is 14.4 Å². The van der Waals surface area contributed by atoms with Crippen molar-refractivity contribution in [2.45, 2.75) is 43.0 Å². The Labute approximate surface area is 143 Å². The molecule has 0 spiro atoms. The van der Waals surface area contributed by atoms with Gasteiger partial charge in [0, 0.05) is 24.4 Å². The Hall–Kier alpha value is -2.28. The maximum Gasteiger partial charge on any atom is 0.269 e. The van der Waals surface area contributed by atoms with Crippen molar-refractivity contribution in [3.63, 3.8) is 0 Å². The number of benzene rings is 1. The Morgan fingerprint density at radius 2 is 1.79 bits per heavy atom. The van der Waals surface area contributed by atoms with E-state index in [2.05, 4.69) is 4.98 Å². The highest BCUT2D eigenvalue weighted by molar-refractivity contribution is 7.86. The number of nitrogens with zero attached hydrogens (tertiary/aromatic N) is 3. The molecule has 1 fully saturated rings. The molecule has 2 aromatic rings. The number of rotatable bonds is 5. The summed E-state index contributed by atoms with van der Waals surface area (Å²) in [5.41, 5.74) is -0.00203. The molecule has 0 aliphatic heterocycles. The van der Waals surface area contributed by atoms with E-state index in [-0.39, 0.29) is 11.7 Å². The molecule has 0 saturated heterocycles. The van der Waals surface area contributed by atoms with Crippen molar-refractivity contribution < 1.29 is 9.13 Å². The average Bonchev–Trinajstić information content (AvgIpc) is 2.64. The summed E-state index contributed by atoms with van der Waals surface area (Å²) in [5, 5.41) is 10.8. The first-order valence-corrected chi connectivity index (χ1v) is 9.14. The Balaban J connectivity index is 1.92. The van der Waals surface area contributed by atoms with Gasteiger partial charge in [0.15, 0.2) is 11.0 Å². The average molecular weight is 345 g/mol. The minimum absolute atomic E-state index is 0.00203. The van der Waals surface area contributed by atoms with Crippen LogP contribution in [0, 0.1) is 10.1 Å². The third-order valence-corrected chi connectivity index (χ3v) is 5.73. The van der Waals surface area contributed by atoms with Crippen LogP contribution in [0.15, 0.2) is 53.6 Å². The van der Waals surface area contributed by atoms with Crippen molar-refractivity contribution in [2.24, 2.45) is 0 Å². The van der Waals surface area contributed by atoms with Crippen LogP contribution in [-0.2, 0) is 11.0 Å². The molecule has 0 amide bonds. The fraction of sp³-hybridized carbons (Fsp3) is 0.353. The number of nitro groups is 1. The van der Waals surface area contributed by atoms with Gasteiger partial charge < -0.3 is 0 Å². The summed E-state index contributed by atoms with van der Waals surface area (Å²) < 4.78 is 15.0. The van der Waals surface area contributed by atoms with Crippen molar-refractivity contribution in [1.82, 2.24) is 4.98 Å². The zero-order chi connectivity index (χ0) is 16.9. The minimum atomic E-state index is -1.44. The number of non-ortho nitro benzene ring substituents is 1. The maximum absolute atomic E-state index is 13.2. The summed E-state index contributed by atoms with van der Waals surface area (Å²) in [6.45, 7) is 0. The molecule has 3 rings (SSSR count). The fourth-order valence-electron chi connectivity index (χ4n) is 3.00. The van der Waals surface area contributed by atoms with Gasteiger partial charge in [-0.05, 0) is 37.1 Å². The van der Waals surface area contributed by atoms with E-state index in [1.54, 1.807) is 18.3 Å². The number of hydrogen-bond donors (Lipinski definition) is 0. The quantitative estimate of drug-likeness (QED) is 0.609. The van der Waals surface area contributed by atoms with E-state index in [1.165, 1.54) is 18.6 Å². The number of anilines is 1. The molecule has 0 N–H and O–H groups in total. The van der Waals surface area contributed by atoms with E-state index in [4.69, 9.17) is 0 Å². The molecule has 1 heterocycles. The smallest absolute Gasteiger partial charge is 0.269 e. The monoisotopic (exact) mass is 345 g/mol. The van der Waals surface area contributed by atoms with Crippen LogP contribution in [0.25, 0.3) is 0 Å². The highest BCUT2D eigenvalue weighted by Crippen LogP contribution is 2.30. The lowest BCUT2D eigenvalue weighted by atomic mass is 9.95. The Morgan fingerprint density at radius 3 is 2.38 bits per heavy atom. The van der Waals surface area contributed by atoms with Gasteiger partial charge in [0.05, 0.1) is 9.82 Å². The summed E-state index contributed by atoms with van der Waals surface area (Å²) in [6.07, 6.45) is 7.09. The van der Waals surface area contributed by atoms with E-state index in [0.717, 1.165) is 25.7 Å². The van der Waals surface area contributed by atoms with Crippen molar-refractivity contribution >= 4 is 22.5 Å². The van der Waals surface area contributed by atoms with Gasteiger partial charge in [-0.25, -0.2) is 9.19 Å². The molecular weight excluding hydrogens is 326 g/mol. The molecule has 0 radical (unpaired) electrons. The van der Waals surface area contributed by atoms with E-state index in [9.17, 15) is 14.3 Å². The second-order valence-corrected chi connectivity index (χ2v) is 7.17. The van der Waals surface area contributed by atoms with E-state index < -0.39 is 15.9 Å². The minimum Gasteiger partial charge on any atom is -0.269 e. The molecule has 1 atom stereocenters. The van der Waals surface area contributed by atoms with Crippen LogP contribution in [0.5, 0.6) is 0 Å². The highest BCUT2D eigenvalue weighted by atomic mass is 32.2. The van der Waals surface area contributed by atoms with Gasteiger partial charge >= 0.3 is 0 Å². The summed E-state index contributed by atoms with van der Waals surface area (Å²) in [6, 6.07) is 11.7. The predicted octanol–water partition coefficient (Wildman–Crippen LogP) is 3.85. The van der Waals surface area contributed by atoms with Gasteiger partial charge in [-0.1, -0.05) is 25.3 Å². The number of aromatic nitrogens is 1. The largest absolute Gasteiger partial charge is 0.269 e. The third kappa shape index (κ3) is 3.62. The number of pyridine rings is 1. The normalized spacial score (nSPS) is 16.5. The third-order valence-electron chi connectivity index (χ3n) is 4.21. The Kier molecular flexibility index (Phi) is 5.20. The summed E-state index contributed by atoms with van der Waals surface area (Å²) in [5.74, 6) is 0.682. The molecular formula is C17H19N3O3S. The van der Waals surface area contributed by atoms with Gasteiger partial charge in [-0.15, -0.1) is 0 Å². The van der Waals surface area contributed by atoms with Crippen LogP contribution in [0.2, 0.25) is 0 Å². The van der Waals surface area contributed by atoms with Crippen LogP contribution in [0.3, 0.4) is 0 Å². The Morgan fingerprint density at radius 1 is 1.08 bits per heavy atom. The molecule has 6 nitrogen and oxygen atoms in total. The molecule has 1 aromatic heterocycles. The summed E-state index contributed by atoms with van der Waals surface area (Å²) >= 11 is 0. The zero-order valence-corrected chi connectivity index (χ0v) is 14.0. The molecule has 1 aliphatic carbocycles. The van der Waals surface area contributed by atoms with Crippen molar-refractivity contribution in [2.75, 3.05) is 4.31 Å². The molecule has 24 heavy (non-hydrogen) atoms. The Bertz CT molecular complexity index is 716. The lowest BCUT2D eigenvalue weighted by Gasteiger charge is -2.33. The molecule has 0 unspecified atom stereocenters. The molecule has 0 bridgehead atoms. The van der Waals surface area contributed by atoms with Crippen molar-refractivity contribution in [3.8, 4) is 0 Å².